The van der Waals surface area contributed by atoms with Crippen LogP contribution in [0.4, 0.5) is 11.8 Å². The molecule has 0 amide bonds. The topological polar surface area (TPSA) is 32.3 Å². The van der Waals surface area contributed by atoms with E-state index >= 15 is 0 Å². The molecular formula is C19H28N4. The van der Waals surface area contributed by atoms with Crippen LogP contribution in [0.3, 0.4) is 0 Å². The van der Waals surface area contributed by atoms with Gasteiger partial charge < -0.3 is 9.80 Å². The summed E-state index contributed by atoms with van der Waals surface area (Å²) in [5.41, 5.74) is 2.12. The molecule has 0 unspecified atom stereocenters. The highest BCUT2D eigenvalue weighted by Crippen LogP contribution is 2.24. The van der Waals surface area contributed by atoms with Gasteiger partial charge in [-0.15, -0.1) is 0 Å². The highest BCUT2D eigenvalue weighted by atomic mass is 15.3. The molecule has 0 saturated carbocycles. The molecule has 1 aromatic carbocycles. The summed E-state index contributed by atoms with van der Waals surface area (Å²) in [6.45, 7) is 9.39. The van der Waals surface area contributed by atoms with Crippen molar-refractivity contribution in [2.24, 2.45) is 0 Å². The van der Waals surface area contributed by atoms with Crippen LogP contribution in [0.15, 0.2) is 36.4 Å². The third-order valence-corrected chi connectivity index (χ3v) is 4.05. The fourth-order valence-electron chi connectivity index (χ4n) is 2.55. The minimum atomic E-state index is 0.807. The van der Waals surface area contributed by atoms with E-state index in [0.29, 0.717) is 0 Å². The largest absolute Gasteiger partial charge is 0.357 e. The van der Waals surface area contributed by atoms with Gasteiger partial charge >= 0.3 is 0 Å². The van der Waals surface area contributed by atoms with Gasteiger partial charge in [0.05, 0.1) is 5.69 Å². The Labute approximate surface area is 140 Å². The van der Waals surface area contributed by atoms with Gasteiger partial charge in [0.25, 0.3) is 0 Å². The summed E-state index contributed by atoms with van der Waals surface area (Å²) in [6, 6.07) is 12.4. The quantitative estimate of drug-likeness (QED) is 0.730. The molecule has 0 saturated heterocycles. The Morgan fingerprint density at radius 2 is 1.65 bits per heavy atom. The van der Waals surface area contributed by atoms with Crippen LogP contribution in [0.1, 0.15) is 33.6 Å². The summed E-state index contributed by atoms with van der Waals surface area (Å²) in [6.07, 6.45) is 2.32. The lowest BCUT2D eigenvalue weighted by Crippen LogP contribution is -2.26. The number of rotatable bonds is 8. The first kappa shape index (κ1) is 17.3. The monoisotopic (exact) mass is 312 g/mol. The summed E-state index contributed by atoms with van der Waals surface area (Å²) in [5.74, 6) is 1.81. The Balaban J connectivity index is 2.43. The molecular weight excluding hydrogens is 284 g/mol. The smallest absolute Gasteiger partial charge is 0.227 e. The minimum Gasteiger partial charge on any atom is -0.357 e. The molecule has 124 valence electrons. The lowest BCUT2D eigenvalue weighted by Gasteiger charge is -2.24. The molecule has 4 nitrogen and oxygen atoms in total. The standard InChI is InChI=1S/C19H28N4/c1-5-8-14-22(4)19-20-17(16-12-10-9-11-13-16)15-18(21-19)23(6-2)7-3/h9-13,15H,5-8,14H2,1-4H3. The van der Waals surface area contributed by atoms with E-state index in [4.69, 9.17) is 9.97 Å². The Morgan fingerprint density at radius 1 is 0.957 bits per heavy atom. The third-order valence-electron chi connectivity index (χ3n) is 4.05. The summed E-state index contributed by atoms with van der Waals surface area (Å²) in [7, 11) is 2.08. The van der Waals surface area contributed by atoms with E-state index in [1.807, 2.05) is 6.07 Å². The second-order valence-electron chi connectivity index (χ2n) is 5.72. The molecule has 4 heteroatoms. The molecule has 0 radical (unpaired) electrons. The number of unbranched alkanes of at least 4 members (excludes halogenated alkanes) is 1. The number of aromatic nitrogens is 2. The van der Waals surface area contributed by atoms with Gasteiger partial charge in [0.2, 0.25) is 5.95 Å². The van der Waals surface area contributed by atoms with E-state index in [1.165, 1.54) is 6.42 Å². The molecule has 0 N–H and O–H groups in total. The van der Waals surface area contributed by atoms with E-state index in [9.17, 15) is 0 Å². The van der Waals surface area contributed by atoms with Crippen LogP contribution < -0.4 is 9.80 Å². The van der Waals surface area contributed by atoms with Gasteiger partial charge in [0.15, 0.2) is 0 Å². The summed E-state index contributed by atoms with van der Waals surface area (Å²) < 4.78 is 0. The molecule has 2 rings (SSSR count). The van der Waals surface area contributed by atoms with Gasteiger partial charge in [-0.1, -0.05) is 43.7 Å². The second-order valence-corrected chi connectivity index (χ2v) is 5.72. The zero-order chi connectivity index (χ0) is 16.7. The Kier molecular flexibility index (Phi) is 6.39. The van der Waals surface area contributed by atoms with Crippen LogP contribution in [0, 0.1) is 0 Å². The molecule has 2 aromatic rings. The van der Waals surface area contributed by atoms with Gasteiger partial charge in [0, 0.05) is 38.3 Å². The molecule has 0 spiro atoms. The number of nitrogens with zero attached hydrogens (tertiary/aromatic N) is 4. The summed E-state index contributed by atoms with van der Waals surface area (Å²) >= 11 is 0. The van der Waals surface area contributed by atoms with Crippen LogP contribution >= 0.6 is 0 Å². The van der Waals surface area contributed by atoms with Crippen LogP contribution in [0.5, 0.6) is 0 Å². The number of hydrogen-bond donors (Lipinski definition) is 0. The molecule has 1 aromatic heterocycles. The van der Waals surface area contributed by atoms with Crippen molar-refractivity contribution in [3.05, 3.63) is 36.4 Å². The van der Waals surface area contributed by atoms with E-state index in [-0.39, 0.29) is 0 Å². The van der Waals surface area contributed by atoms with Crippen LogP contribution in [-0.4, -0.2) is 36.6 Å². The maximum atomic E-state index is 4.80. The highest BCUT2D eigenvalue weighted by molar-refractivity contribution is 5.65. The maximum Gasteiger partial charge on any atom is 0.227 e. The molecule has 0 bridgehead atoms. The maximum absolute atomic E-state index is 4.80. The lowest BCUT2D eigenvalue weighted by molar-refractivity contribution is 0.746. The first-order chi connectivity index (χ1) is 11.2. The van der Waals surface area contributed by atoms with Crippen molar-refractivity contribution in [2.75, 3.05) is 36.5 Å². The van der Waals surface area contributed by atoms with Crippen LogP contribution in [-0.2, 0) is 0 Å². The number of hydrogen-bond acceptors (Lipinski definition) is 4. The van der Waals surface area contributed by atoms with E-state index < -0.39 is 0 Å². The molecule has 0 aliphatic rings. The van der Waals surface area contributed by atoms with E-state index in [1.54, 1.807) is 0 Å². The van der Waals surface area contributed by atoms with Gasteiger partial charge in [-0.3, -0.25) is 0 Å². The van der Waals surface area contributed by atoms with E-state index in [0.717, 1.165) is 49.1 Å². The van der Waals surface area contributed by atoms with Crippen LogP contribution in [0.25, 0.3) is 11.3 Å². The van der Waals surface area contributed by atoms with Crippen molar-refractivity contribution in [2.45, 2.75) is 33.6 Å². The fourth-order valence-corrected chi connectivity index (χ4v) is 2.55. The van der Waals surface area contributed by atoms with Crippen molar-refractivity contribution in [3.8, 4) is 11.3 Å². The first-order valence-electron chi connectivity index (χ1n) is 8.60. The number of benzene rings is 1. The number of anilines is 2. The Bertz CT molecular complexity index is 594. The van der Waals surface area contributed by atoms with Gasteiger partial charge in [-0.05, 0) is 20.3 Å². The van der Waals surface area contributed by atoms with E-state index in [2.05, 4.69) is 68.0 Å². The zero-order valence-corrected chi connectivity index (χ0v) is 14.8. The Hall–Kier alpha value is -2.10. The Morgan fingerprint density at radius 3 is 2.26 bits per heavy atom. The summed E-state index contributed by atoms with van der Waals surface area (Å²) in [4.78, 5) is 14.0. The SMILES string of the molecule is CCCCN(C)c1nc(-c2ccccc2)cc(N(CC)CC)n1. The van der Waals surface area contributed by atoms with Crippen LogP contribution in [0.2, 0.25) is 0 Å². The zero-order valence-electron chi connectivity index (χ0n) is 14.8. The van der Waals surface area contributed by atoms with Crippen molar-refractivity contribution in [1.29, 1.82) is 0 Å². The lowest BCUT2D eigenvalue weighted by atomic mass is 10.1. The third kappa shape index (κ3) is 4.44. The van der Waals surface area contributed by atoms with Crippen molar-refractivity contribution >= 4 is 11.8 Å². The van der Waals surface area contributed by atoms with Crippen molar-refractivity contribution in [1.82, 2.24) is 9.97 Å². The molecule has 0 atom stereocenters. The highest BCUT2D eigenvalue weighted by Gasteiger charge is 2.13. The average molecular weight is 312 g/mol. The second kappa shape index (κ2) is 8.51. The molecule has 0 aliphatic carbocycles. The first-order valence-corrected chi connectivity index (χ1v) is 8.60. The summed E-state index contributed by atoms with van der Waals surface area (Å²) in [5, 5.41) is 0. The van der Waals surface area contributed by atoms with Gasteiger partial charge in [-0.2, -0.15) is 4.98 Å². The molecule has 0 aliphatic heterocycles. The average Bonchev–Trinajstić information content (AvgIpc) is 2.61. The van der Waals surface area contributed by atoms with Crippen molar-refractivity contribution < 1.29 is 0 Å². The normalized spacial score (nSPS) is 10.6. The molecule has 0 fully saturated rings. The van der Waals surface area contributed by atoms with Gasteiger partial charge in [-0.25, -0.2) is 4.98 Å². The van der Waals surface area contributed by atoms with Crippen molar-refractivity contribution in [3.63, 3.8) is 0 Å². The molecule has 1 heterocycles. The molecule has 23 heavy (non-hydrogen) atoms. The van der Waals surface area contributed by atoms with Gasteiger partial charge in [0.1, 0.15) is 5.82 Å². The predicted molar refractivity (Wildman–Crippen MR) is 99.2 cm³/mol. The predicted octanol–water partition coefficient (Wildman–Crippen LogP) is 4.23. The fraction of sp³-hybridized carbons (Fsp3) is 0.474. The minimum absolute atomic E-state index is 0.807.